The van der Waals surface area contributed by atoms with Crippen molar-refractivity contribution in [3.05, 3.63) is 47.3 Å². The maximum absolute atomic E-state index is 14.5. The van der Waals surface area contributed by atoms with Gasteiger partial charge >= 0.3 is 6.16 Å². The number of aryl methyl sites for hydroxylation is 1. The van der Waals surface area contributed by atoms with E-state index in [4.69, 9.17) is 9.47 Å². The highest BCUT2D eigenvalue weighted by Crippen LogP contribution is 2.38. The molecular formula is C17H14FNO4. The predicted octanol–water partition coefficient (Wildman–Crippen LogP) is 3.91. The number of hydrogen-bond donors (Lipinski definition) is 1. The van der Waals surface area contributed by atoms with Crippen molar-refractivity contribution in [3.8, 4) is 28.7 Å². The minimum absolute atomic E-state index is 0.0257. The molecule has 1 N–H and O–H groups in total. The lowest BCUT2D eigenvalue weighted by molar-refractivity contribution is 0.104. The van der Waals surface area contributed by atoms with E-state index in [2.05, 4.69) is 0 Å². The molecule has 0 radical (unpaired) electrons. The summed E-state index contributed by atoms with van der Waals surface area (Å²) in [5.41, 5.74) is 0.310. The van der Waals surface area contributed by atoms with Crippen molar-refractivity contribution < 1.29 is 23.8 Å². The van der Waals surface area contributed by atoms with Crippen LogP contribution in [-0.2, 0) is 4.74 Å². The Hall–Kier alpha value is -3.07. The lowest BCUT2D eigenvalue weighted by Gasteiger charge is -2.13. The summed E-state index contributed by atoms with van der Waals surface area (Å²) in [7, 11) is 0. The molecule has 0 saturated heterocycles. The smallest absolute Gasteiger partial charge is 0.505 e. The lowest BCUT2D eigenvalue weighted by atomic mass is 9.96. The summed E-state index contributed by atoms with van der Waals surface area (Å²) in [5.74, 6) is -1.46. The van der Waals surface area contributed by atoms with Crippen LogP contribution >= 0.6 is 0 Å². The van der Waals surface area contributed by atoms with E-state index in [1.807, 2.05) is 6.07 Å². The van der Waals surface area contributed by atoms with Crippen molar-refractivity contribution in [1.82, 2.24) is 0 Å². The van der Waals surface area contributed by atoms with Gasteiger partial charge in [0, 0.05) is 11.1 Å². The van der Waals surface area contributed by atoms with Gasteiger partial charge < -0.3 is 14.6 Å². The monoisotopic (exact) mass is 315 g/mol. The molecule has 0 amide bonds. The number of aromatic hydroxyl groups is 1. The van der Waals surface area contributed by atoms with Crippen molar-refractivity contribution in [2.24, 2.45) is 0 Å². The van der Waals surface area contributed by atoms with Crippen LogP contribution < -0.4 is 4.74 Å². The summed E-state index contributed by atoms with van der Waals surface area (Å²) < 4.78 is 24.2. The summed E-state index contributed by atoms with van der Waals surface area (Å²) in [6.07, 6.45) is -0.935. The van der Waals surface area contributed by atoms with E-state index in [1.54, 1.807) is 19.1 Å². The van der Waals surface area contributed by atoms with Crippen molar-refractivity contribution in [1.29, 1.82) is 5.26 Å². The Morgan fingerprint density at radius 1 is 1.39 bits per heavy atom. The molecule has 0 heterocycles. The Morgan fingerprint density at radius 2 is 2.09 bits per heavy atom. The number of phenolic OH excluding ortho intramolecular Hbond substituents is 1. The number of para-hydroxylation sites is 1. The third-order valence-corrected chi connectivity index (χ3v) is 3.16. The first-order valence-electron chi connectivity index (χ1n) is 6.85. The molecule has 2 aromatic carbocycles. The summed E-state index contributed by atoms with van der Waals surface area (Å²) in [6.45, 7) is 3.24. The highest BCUT2D eigenvalue weighted by Gasteiger charge is 2.21. The van der Waals surface area contributed by atoms with E-state index < -0.39 is 17.7 Å². The number of benzene rings is 2. The van der Waals surface area contributed by atoms with Crippen LogP contribution in [-0.4, -0.2) is 17.9 Å². The van der Waals surface area contributed by atoms with Crippen molar-refractivity contribution >= 4 is 6.16 Å². The third-order valence-electron chi connectivity index (χ3n) is 3.16. The number of carbonyl (C=O) groups excluding carboxylic acids is 1. The first kappa shape index (κ1) is 16.3. The lowest BCUT2D eigenvalue weighted by Crippen LogP contribution is -2.11. The second-order valence-electron chi connectivity index (χ2n) is 4.67. The normalized spacial score (nSPS) is 10.0. The molecule has 2 aromatic rings. The minimum Gasteiger partial charge on any atom is -0.505 e. The Kier molecular flexibility index (Phi) is 4.82. The number of hydrogen-bond acceptors (Lipinski definition) is 5. The van der Waals surface area contributed by atoms with Crippen LogP contribution in [0.5, 0.6) is 11.5 Å². The summed E-state index contributed by atoms with van der Waals surface area (Å²) >= 11 is 0. The molecule has 0 aromatic heterocycles. The number of carbonyl (C=O) groups is 1. The van der Waals surface area contributed by atoms with E-state index in [0.29, 0.717) is 0 Å². The number of rotatable bonds is 3. The molecule has 2 rings (SSSR count). The molecule has 0 aliphatic rings. The zero-order chi connectivity index (χ0) is 17.0. The van der Waals surface area contributed by atoms with Gasteiger partial charge in [0.1, 0.15) is 5.75 Å². The fraction of sp³-hybridized carbons (Fsp3) is 0.176. The topological polar surface area (TPSA) is 79.5 Å². The standard InChI is InChI=1S/C17H14FNO4/c1-3-22-17(21)23-13-7-5-4-6-12(13)14-11(9-19)8-10(2)16(20)15(14)18/h4-8,20H,3H2,1-2H3. The van der Waals surface area contributed by atoms with Gasteiger partial charge in [-0.3, -0.25) is 0 Å². The fourth-order valence-electron chi connectivity index (χ4n) is 2.12. The molecule has 0 spiro atoms. The van der Waals surface area contributed by atoms with Crippen LogP contribution in [0.15, 0.2) is 30.3 Å². The van der Waals surface area contributed by atoms with Crippen LogP contribution in [0.1, 0.15) is 18.1 Å². The van der Waals surface area contributed by atoms with E-state index in [1.165, 1.54) is 25.1 Å². The van der Waals surface area contributed by atoms with Gasteiger partial charge in [0.05, 0.1) is 18.2 Å². The number of phenols is 1. The van der Waals surface area contributed by atoms with Gasteiger partial charge in [0.2, 0.25) is 0 Å². The molecule has 0 saturated carbocycles. The number of nitriles is 1. The van der Waals surface area contributed by atoms with Gasteiger partial charge in [-0.2, -0.15) is 5.26 Å². The summed E-state index contributed by atoms with van der Waals surface area (Å²) in [5, 5.41) is 19.1. The fourth-order valence-corrected chi connectivity index (χ4v) is 2.12. The van der Waals surface area contributed by atoms with Crippen LogP contribution in [0.25, 0.3) is 11.1 Å². The predicted molar refractivity (Wildman–Crippen MR) is 80.6 cm³/mol. The Morgan fingerprint density at radius 3 is 2.74 bits per heavy atom. The van der Waals surface area contributed by atoms with Crippen LogP contribution in [0.4, 0.5) is 9.18 Å². The minimum atomic E-state index is -0.943. The first-order chi connectivity index (χ1) is 11.0. The molecule has 6 heteroatoms. The first-order valence-corrected chi connectivity index (χ1v) is 6.85. The largest absolute Gasteiger partial charge is 0.513 e. The van der Waals surface area contributed by atoms with Crippen molar-refractivity contribution in [2.45, 2.75) is 13.8 Å². The SMILES string of the molecule is CCOC(=O)Oc1ccccc1-c1c(C#N)cc(C)c(O)c1F. The Labute approximate surface area is 132 Å². The van der Waals surface area contributed by atoms with Gasteiger partial charge in [0.25, 0.3) is 0 Å². The highest BCUT2D eigenvalue weighted by molar-refractivity contribution is 5.80. The Bertz CT molecular complexity index is 796. The van der Waals surface area contributed by atoms with Gasteiger partial charge in [-0.05, 0) is 31.5 Å². The highest BCUT2D eigenvalue weighted by atomic mass is 19.1. The quantitative estimate of drug-likeness (QED) is 0.686. The Balaban J connectivity index is 2.62. The van der Waals surface area contributed by atoms with Gasteiger partial charge in [-0.1, -0.05) is 18.2 Å². The van der Waals surface area contributed by atoms with Crippen LogP contribution in [0.3, 0.4) is 0 Å². The maximum atomic E-state index is 14.5. The summed E-state index contributed by atoms with van der Waals surface area (Å²) in [6, 6.07) is 9.39. The van der Waals surface area contributed by atoms with Crippen molar-refractivity contribution in [2.75, 3.05) is 6.61 Å². The zero-order valence-electron chi connectivity index (χ0n) is 12.6. The molecule has 5 nitrogen and oxygen atoms in total. The molecule has 0 unspecified atom stereocenters. The average Bonchev–Trinajstić information content (AvgIpc) is 2.53. The molecule has 0 fully saturated rings. The van der Waals surface area contributed by atoms with Crippen LogP contribution in [0, 0.1) is 24.1 Å². The number of nitrogens with zero attached hydrogens (tertiary/aromatic N) is 1. The molecule has 0 aliphatic heterocycles. The van der Waals surface area contributed by atoms with Gasteiger partial charge in [-0.15, -0.1) is 0 Å². The van der Waals surface area contributed by atoms with Gasteiger partial charge in [-0.25, -0.2) is 9.18 Å². The molecule has 23 heavy (non-hydrogen) atoms. The molecule has 0 aliphatic carbocycles. The number of ether oxygens (including phenoxy) is 2. The average molecular weight is 315 g/mol. The van der Waals surface area contributed by atoms with E-state index in [9.17, 15) is 19.6 Å². The van der Waals surface area contributed by atoms with E-state index >= 15 is 0 Å². The van der Waals surface area contributed by atoms with Crippen molar-refractivity contribution in [3.63, 3.8) is 0 Å². The van der Waals surface area contributed by atoms with Gasteiger partial charge in [0.15, 0.2) is 11.6 Å². The number of halogens is 1. The molecular weight excluding hydrogens is 301 g/mol. The third kappa shape index (κ3) is 3.24. The zero-order valence-corrected chi connectivity index (χ0v) is 12.6. The second kappa shape index (κ2) is 6.79. The molecule has 0 atom stereocenters. The molecule has 118 valence electrons. The van der Waals surface area contributed by atoms with E-state index in [0.717, 1.165) is 0 Å². The summed E-state index contributed by atoms with van der Waals surface area (Å²) in [4.78, 5) is 11.5. The van der Waals surface area contributed by atoms with Crippen LogP contribution in [0.2, 0.25) is 0 Å². The van der Waals surface area contributed by atoms with E-state index in [-0.39, 0.29) is 34.6 Å². The maximum Gasteiger partial charge on any atom is 0.513 e. The second-order valence-corrected chi connectivity index (χ2v) is 4.67. The molecule has 0 bridgehead atoms.